The fourth-order valence-electron chi connectivity index (χ4n) is 3.34. The number of ether oxygens (including phenoxy) is 1. The molecule has 0 bridgehead atoms. The lowest BCUT2D eigenvalue weighted by molar-refractivity contribution is -0.274. The highest BCUT2D eigenvalue weighted by Crippen LogP contribution is 2.35. The summed E-state index contributed by atoms with van der Waals surface area (Å²) in [5, 5.41) is 25.2. The van der Waals surface area contributed by atoms with E-state index < -0.39 is 16.9 Å². The van der Waals surface area contributed by atoms with Gasteiger partial charge in [0.15, 0.2) is 0 Å². The van der Waals surface area contributed by atoms with Crippen molar-refractivity contribution in [3.63, 3.8) is 0 Å². The number of nitrogens with zero attached hydrogens (tertiary/aromatic N) is 3. The Morgan fingerprint density at radius 3 is 2.62 bits per heavy atom. The number of hydroxylamine groups is 2. The second-order valence-electron chi connectivity index (χ2n) is 6.64. The molecule has 1 aliphatic heterocycles. The molecule has 0 spiro atoms. The number of hydrogen-bond acceptors (Lipinski definition) is 5. The fourth-order valence-corrected chi connectivity index (χ4v) is 3.59. The quantitative estimate of drug-likeness (QED) is 0.422. The molecule has 0 fully saturated rings. The van der Waals surface area contributed by atoms with E-state index in [4.69, 9.17) is 11.6 Å². The molecule has 4 rings (SSSR count). The monoisotopic (exact) mass is 424 g/mol. The molecule has 3 aromatic rings. The van der Waals surface area contributed by atoms with Crippen LogP contribution in [-0.4, -0.2) is 24.4 Å². The van der Waals surface area contributed by atoms with Gasteiger partial charge in [-0.2, -0.15) is 0 Å². The summed E-state index contributed by atoms with van der Waals surface area (Å²) in [6.45, 7) is 0.198. The van der Waals surface area contributed by atoms with Crippen LogP contribution < -0.4 is 14.4 Å². The zero-order chi connectivity index (χ0) is 20.8. The second kappa shape index (κ2) is 7.03. The van der Waals surface area contributed by atoms with E-state index >= 15 is 0 Å². The van der Waals surface area contributed by atoms with Crippen molar-refractivity contribution in [2.45, 2.75) is 12.9 Å². The smallest absolute Gasteiger partial charge is 0.573 e. The normalized spacial score (nSPS) is 16.4. The van der Waals surface area contributed by atoms with Gasteiger partial charge in [0.2, 0.25) is 0 Å². The standard InChI is InChI=1S/C19H14ClF3N3O3/c20-15-10-18(24-16-6-5-13(9-14(15)16)29-19(21,22)23)25-7-8-26(27,28)17-4-2-1-3-12(17)11-25/h1-6,9-10H,7-8,11H2/q-1. The van der Waals surface area contributed by atoms with Crippen LogP contribution in [0.1, 0.15) is 5.56 Å². The molecule has 0 unspecified atom stereocenters. The lowest BCUT2D eigenvalue weighted by Gasteiger charge is -2.46. The maximum atomic E-state index is 12.4. The van der Waals surface area contributed by atoms with Gasteiger partial charge in [-0.3, -0.25) is 0 Å². The largest absolute Gasteiger partial charge is 0.626 e. The summed E-state index contributed by atoms with van der Waals surface area (Å²) >= 11 is 6.29. The van der Waals surface area contributed by atoms with Gasteiger partial charge >= 0.3 is 6.36 Å². The topological polar surface area (TPSA) is 71.5 Å². The molecule has 152 valence electrons. The van der Waals surface area contributed by atoms with Crippen molar-refractivity contribution in [3.8, 4) is 5.75 Å². The maximum absolute atomic E-state index is 12.4. The second-order valence-corrected chi connectivity index (χ2v) is 7.04. The van der Waals surface area contributed by atoms with Gasteiger partial charge < -0.3 is 24.9 Å². The van der Waals surface area contributed by atoms with Crippen LogP contribution in [0, 0.1) is 10.4 Å². The van der Waals surface area contributed by atoms with Crippen LogP contribution in [0.5, 0.6) is 5.75 Å². The van der Waals surface area contributed by atoms with E-state index in [-0.39, 0.29) is 30.3 Å². The molecule has 0 saturated heterocycles. The van der Waals surface area contributed by atoms with Crippen LogP contribution >= 0.6 is 11.6 Å². The van der Waals surface area contributed by atoms with Crippen molar-refractivity contribution in [2.75, 3.05) is 18.0 Å². The number of pyridine rings is 1. The van der Waals surface area contributed by atoms with Crippen molar-refractivity contribution in [1.29, 1.82) is 0 Å². The first kappa shape index (κ1) is 19.7. The van der Waals surface area contributed by atoms with Crippen LogP contribution in [-0.2, 0) is 6.54 Å². The number of aromatic nitrogens is 1. The van der Waals surface area contributed by atoms with E-state index in [0.717, 1.165) is 12.1 Å². The van der Waals surface area contributed by atoms with E-state index in [0.29, 0.717) is 22.3 Å². The summed E-state index contributed by atoms with van der Waals surface area (Å²) in [6.07, 6.45) is -4.81. The van der Waals surface area contributed by atoms with Gasteiger partial charge in [0, 0.05) is 17.0 Å². The average Bonchev–Trinajstić information content (AvgIpc) is 2.77. The molecule has 0 N–H and O–H groups in total. The van der Waals surface area contributed by atoms with Gasteiger partial charge in [-0.25, -0.2) is 4.98 Å². The summed E-state index contributed by atoms with van der Waals surface area (Å²) in [4.78, 5) is 4.46. The van der Waals surface area contributed by atoms with Crippen molar-refractivity contribution < 1.29 is 17.9 Å². The van der Waals surface area contributed by atoms with E-state index in [2.05, 4.69) is 9.72 Å². The van der Waals surface area contributed by atoms with Gasteiger partial charge in [0.25, 0.3) is 0 Å². The first-order valence-corrected chi connectivity index (χ1v) is 9.00. The summed E-state index contributed by atoms with van der Waals surface area (Å²) in [6, 6.07) is 11.8. The molecule has 2 aromatic carbocycles. The Morgan fingerprint density at radius 2 is 1.86 bits per heavy atom. The molecule has 1 aromatic heterocycles. The minimum absolute atomic E-state index is 0.145. The highest BCUT2D eigenvalue weighted by molar-refractivity contribution is 6.35. The minimum atomic E-state index is -4.81. The van der Waals surface area contributed by atoms with Crippen LogP contribution in [0.2, 0.25) is 5.02 Å². The number of hydrogen-bond donors (Lipinski definition) is 0. The van der Waals surface area contributed by atoms with Crippen LogP contribution in [0.4, 0.5) is 24.7 Å². The van der Waals surface area contributed by atoms with E-state index in [1.807, 2.05) is 0 Å². The molecule has 29 heavy (non-hydrogen) atoms. The Kier molecular flexibility index (Phi) is 4.78. The van der Waals surface area contributed by atoms with Crippen molar-refractivity contribution in [3.05, 3.63) is 69.5 Å². The zero-order valence-corrected chi connectivity index (χ0v) is 15.6. The third kappa shape index (κ3) is 4.08. The predicted octanol–water partition coefficient (Wildman–Crippen LogP) is 5.11. The molecule has 0 atom stereocenters. The first-order valence-electron chi connectivity index (χ1n) is 8.62. The number of alkyl halides is 3. The third-order valence-corrected chi connectivity index (χ3v) is 4.97. The number of benzene rings is 2. The molecule has 0 amide bonds. The molecule has 0 saturated carbocycles. The summed E-state index contributed by atoms with van der Waals surface area (Å²) in [7, 11) is 0. The Balaban J connectivity index is 1.70. The lowest BCUT2D eigenvalue weighted by atomic mass is 10.1. The predicted molar refractivity (Wildman–Crippen MR) is 104 cm³/mol. The third-order valence-electron chi connectivity index (χ3n) is 4.66. The van der Waals surface area contributed by atoms with Crippen molar-refractivity contribution in [1.82, 2.24) is 9.79 Å². The first-order chi connectivity index (χ1) is 13.6. The van der Waals surface area contributed by atoms with Crippen LogP contribution in [0.15, 0.2) is 48.5 Å². The van der Waals surface area contributed by atoms with Gasteiger partial charge in [0.05, 0.1) is 23.6 Å². The van der Waals surface area contributed by atoms with Crippen LogP contribution in [0.3, 0.4) is 0 Å². The number of para-hydroxylation sites is 1. The minimum Gasteiger partial charge on any atom is -0.626 e. The van der Waals surface area contributed by atoms with Crippen LogP contribution in [0.25, 0.3) is 10.9 Å². The fraction of sp³-hybridized carbons (Fsp3) is 0.211. The summed E-state index contributed by atoms with van der Waals surface area (Å²) in [5.74, 6) is 0.0219. The molecular weight excluding hydrogens is 411 g/mol. The molecule has 1 aliphatic rings. The van der Waals surface area contributed by atoms with Gasteiger partial charge in [-0.05, 0) is 24.3 Å². The Bertz CT molecular complexity index is 1080. The SMILES string of the molecule is [O-][N+]1([O-])CCN(c2cc(Cl)c3cc(OC(F)(F)F)ccc3n2)Cc2ccccc21. The molecule has 0 radical (unpaired) electrons. The number of rotatable bonds is 2. The van der Waals surface area contributed by atoms with E-state index in [1.165, 1.54) is 18.2 Å². The highest BCUT2D eigenvalue weighted by Gasteiger charge is 2.31. The van der Waals surface area contributed by atoms with Gasteiger partial charge in [0.1, 0.15) is 23.8 Å². The molecule has 10 heteroatoms. The zero-order valence-electron chi connectivity index (χ0n) is 14.8. The number of quaternary nitrogens is 1. The molecule has 6 nitrogen and oxygen atoms in total. The van der Waals surface area contributed by atoms with E-state index in [9.17, 15) is 23.6 Å². The van der Waals surface area contributed by atoms with E-state index in [1.54, 1.807) is 23.1 Å². The lowest BCUT2D eigenvalue weighted by Crippen LogP contribution is -2.40. The van der Waals surface area contributed by atoms with Crippen molar-refractivity contribution in [2.24, 2.45) is 0 Å². The van der Waals surface area contributed by atoms with Gasteiger partial charge in [-0.1, -0.05) is 29.8 Å². The Labute approximate surface area is 168 Å². The number of fused-ring (bicyclic) bond motifs is 2. The Hall–Kier alpha value is -2.59. The van der Waals surface area contributed by atoms with Crippen molar-refractivity contribution >= 4 is 34.0 Å². The average molecular weight is 425 g/mol. The number of halogens is 4. The number of anilines is 1. The molecular formula is C19H14ClF3N3O3-. The Morgan fingerprint density at radius 1 is 1.10 bits per heavy atom. The molecule has 0 aliphatic carbocycles. The maximum Gasteiger partial charge on any atom is 0.573 e. The highest BCUT2D eigenvalue weighted by atomic mass is 35.5. The summed E-state index contributed by atoms with van der Waals surface area (Å²) < 4.78 is 41.2. The molecule has 2 heterocycles. The van der Waals surface area contributed by atoms with Gasteiger partial charge in [-0.15, -0.1) is 13.2 Å². The summed E-state index contributed by atoms with van der Waals surface area (Å²) in [5.41, 5.74) is 1.10.